The zero-order chi connectivity index (χ0) is 15.6. The molecule has 1 atom stereocenters. The van der Waals surface area contributed by atoms with Gasteiger partial charge in [0.25, 0.3) is 0 Å². The minimum Gasteiger partial charge on any atom is -0.316 e. The molecule has 1 aromatic rings. The molecular formula is C11H14Cl2N4O2S2. The number of nitrogens with one attached hydrogen (secondary N) is 2. The van der Waals surface area contributed by atoms with Gasteiger partial charge in [-0.15, -0.1) is 0 Å². The molecule has 1 unspecified atom stereocenters. The van der Waals surface area contributed by atoms with Crippen molar-refractivity contribution in [3.63, 3.8) is 0 Å². The Bertz CT molecular complexity index is 730. The number of hydrogen-bond donors (Lipinski definition) is 2. The van der Waals surface area contributed by atoms with Gasteiger partial charge in [-0.05, 0) is 19.5 Å². The van der Waals surface area contributed by atoms with Gasteiger partial charge in [0.05, 0.1) is 32.3 Å². The van der Waals surface area contributed by atoms with Gasteiger partial charge >= 0.3 is 0 Å². The average Bonchev–Trinajstić information content (AvgIpc) is 2.90. The summed E-state index contributed by atoms with van der Waals surface area (Å²) in [6.07, 6.45) is 0. The number of hydrogen-bond acceptors (Lipinski definition) is 5. The third kappa shape index (κ3) is 3.57. The summed E-state index contributed by atoms with van der Waals surface area (Å²) in [7, 11) is -3.59. The van der Waals surface area contributed by atoms with E-state index in [1.54, 1.807) is 6.92 Å². The molecule has 0 bridgehead atoms. The number of nitrogens with zero attached hydrogens (tertiary/aromatic N) is 2. The van der Waals surface area contributed by atoms with Crippen LogP contribution in [0.2, 0.25) is 10.0 Å². The van der Waals surface area contributed by atoms with Crippen LogP contribution in [0.5, 0.6) is 0 Å². The third-order valence-corrected chi connectivity index (χ3v) is 5.73. The van der Waals surface area contributed by atoms with Crippen LogP contribution in [0, 0.1) is 0 Å². The molecule has 1 heterocycles. The molecule has 0 saturated heterocycles. The summed E-state index contributed by atoms with van der Waals surface area (Å²) in [5, 5.41) is 2.91. The Morgan fingerprint density at radius 2 is 1.95 bits per heavy atom. The van der Waals surface area contributed by atoms with Crippen LogP contribution in [0.3, 0.4) is 0 Å². The van der Waals surface area contributed by atoms with Crippen molar-refractivity contribution >= 4 is 61.6 Å². The van der Waals surface area contributed by atoms with Crippen molar-refractivity contribution in [1.82, 2.24) is 5.32 Å². The largest absolute Gasteiger partial charge is 0.316 e. The molecule has 1 aliphatic heterocycles. The maximum atomic E-state index is 12.3. The first kappa shape index (κ1) is 16.7. The van der Waals surface area contributed by atoms with E-state index in [1.807, 2.05) is 6.92 Å². The zero-order valence-corrected chi connectivity index (χ0v) is 14.5. The molecule has 21 heavy (non-hydrogen) atoms. The van der Waals surface area contributed by atoms with Crippen molar-refractivity contribution in [3.8, 4) is 0 Å². The number of sulfonamides is 1. The first-order chi connectivity index (χ1) is 9.86. The highest BCUT2D eigenvalue weighted by Gasteiger charge is 2.26. The molecule has 116 valence electrons. The number of halogens is 2. The lowest BCUT2D eigenvalue weighted by Crippen LogP contribution is -2.34. The Kier molecular flexibility index (Phi) is 5.26. The Labute approximate surface area is 137 Å². The topological polar surface area (TPSA) is 82.9 Å². The minimum atomic E-state index is -3.59. The van der Waals surface area contributed by atoms with Crippen LogP contribution in [-0.4, -0.2) is 26.8 Å². The number of anilines is 1. The molecule has 10 heteroatoms. The highest BCUT2D eigenvalue weighted by atomic mass is 35.5. The number of benzene rings is 1. The number of fused-ring (bicyclic) bond motifs is 1. The van der Waals surface area contributed by atoms with Crippen LogP contribution < -0.4 is 10.0 Å². The standard InChI is InChI=1S/C11H14Cl2N4O2S2/c1-3-14-5-6(2)21(18,19)17-10-8(13)4-7(12)9-11(10)16-20-15-9/h4,6,14,17H,3,5H2,1-2H3. The minimum absolute atomic E-state index is 0.194. The second-order valence-corrected chi connectivity index (χ2v) is 7.88. The molecule has 0 fully saturated rings. The van der Waals surface area contributed by atoms with E-state index in [2.05, 4.69) is 18.8 Å². The first-order valence-corrected chi connectivity index (χ1v) is 9.22. The van der Waals surface area contributed by atoms with E-state index in [0.29, 0.717) is 29.5 Å². The maximum absolute atomic E-state index is 12.3. The Morgan fingerprint density at radius 3 is 2.62 bits per heavy atom. The van der Waals surface area contributed by atoms with E-state index < -0.39 is 15.3 Å². The van der Waals surface area contributed by atoms with Gasteiger partial charge in [-0.1, -0.05) is 30.1 Å². The van der Waals surface area contributed by atoms with Crippen molar-refractivity contribution in [2.45, 2.75) is 19.1 Å². The molecule has 1 aliphatic rings. The monoisotopic (exact) mass is 368 g/mol. The van der Waals surface area contributed by atoms with Crippen molar-refractivity contribution < 1.29 is 8.42 Å². The summed E-state index contributed by atoms with van der Waals surface area (Å²) in [6.45, 7) is 4.57. The van der Waals surface area contributed by atoms with Crippen LogP contribution in [0.1, 0.15) is 13.8 Å². The first-order valence-electron chi connectivity index (χ1n) is 6.19. The van der Waals surface area contributed by atoms with Crippen LogP contribution in [-0.2, 0) is 21.4 Å². The van der Waals surface area contributed by atoms with E-state index >= 15 is 0 Å². The van der Waals surface area contributed by atoms with Crippen molar-refractivity contribution in [2.75, 3.05) is 17.8 Å². The fourth-order valence-corrected chi connectivity index (χ4v) is 3.92. The molecule has 0 aromatic heterocycles. The lowest BCUT2D eigenvalue weighted by Gasteiger charge is -2.17. The summed E-state index contributed by atoms with van der Waals surface area (Å²) in [5.74, 6) is 0. The summed E-state index contributed by atoms with van der Waals surface area (Å²) in [5.41, 5.74) is 1.01. The van der Waals surface area contributed by atoms with Crippen molar-refractivity contribution in [3.05, 3.63) is 16.1 Å². The SMILES string of the molecule is CCNCC(C)S(=O)(=O)Nc1c(Cl)cc(Cl)c2c1N=S=N2. The predicted octanol–water partition coefficient (Wildman–Crippen LogP) is 3.46. The van der Waals surface area contributed by atoms with Crippen LogP contribution >= 0.6 is 23.2 Å². The van der Waals surface area contributed by atoms with Gasteiger partial charge < -0.3 is 5.32 Å². The van der Waals surface area contributed by atoms with E-state index in [9.17, 15) is 8.42 Å². The molecule has 1 aromatic carbocycles. The summed E-state index contributed by atoms with van der Waals surface area (Å²) >= 11 is 13.0. The second kappa shape index (κ2) is 6.62. The normalized spacial score (nSPS) is 14.7. The molecule has 0 radical (unpaired) electrons. The van der Waals surface area contributed by atoms with Gasteiger partial charge in [-0.25, -0.2) is 8.42 Å². The summed E-state index contributed by atoms with van der Waals surface area (Å²) in [4.78, 5) is 0. The van der Waals surface area contributed by atoms with Crippen molar-refractivity contribution in [1.29, 1.82) is 0 Å². The molecule has 0 aliphatic carbocycles. The smallest absolute Gasteiger partial charge is 0.236 e. The van der Waals surface area contributed by atoms with Crippen LogP contribution in [0.25, 0.3) is 0 Å². The molecule has 6 nitrogen and oxygen atoms in total. The Balaban J connectivity index is 2.33. The van der Waals surface area contributed by atoms with E-state index in [-0.39, 0.29) is 10.7 Å². The second-order valence-electron chi connectivity index (χ2n) is 4.44. The molecule has 0 amide bonds. The Morgan fingerprint density at radius 1 is 1.29 bits per heavy atom. The quantitative estimate of drug-likeness (QED) is 0.818. The highest BCUT2D eigenvalue weighted by Crippen LogP contribution is 2.48. The molecule has 2 N–H and O–H groups in total. The predicted molar refractivity (Wildman–Crippen MR) is 88.6 cm³/mol. The van der Waals surface area contributed by atoms with Gasteiger partial charge in [0.1, 0.15) is 11.4 Å². The van der Waals surface area contributed by atoms with E-state index in [4.69, 9.17) is 23.2 Å². The summed E-state index contributed by atoms with van der Waals surface area (Å²) in [6, 6.07) is 1.46. The van der Waals surface area contributed by atoms with Crippen molar-refractivity contribution in [2.24, 2.45) is 8.73 Å². The highest BCUT2D eigenvalue weighted by molar-refractivity contribution is 7.93. The zero-order valence-electron chi connectivity index (χ0n) is 11.4. The number of rotatable bonds is 6. The third-order valence-electron chi connectivity index (χ3n) is 2.90. The molecule has 0 saturated carbocycles. The van der Waals surface area contributed by atoms with E-state index in [0.717, 1.165) is 11.4 Å². The van der Waals surface area contributed by atoms with Crippen LogP contribution in [0.4, 0.5) is 17.1 Å². The molecule has 0 spiro atoms. The average molecular weight is 369 g/mol. The fraction of sp³-hybridized carbons (Fsp3) is 0.455. The van der Waals surface area contributed by atoms with Gasteiger partial charge in [0, 0.05) is 6.54 Å². The summed E-state index contributed by atoms with van der Waals surface area (Å²) < 4.78 is 35.2. The fourth-order valence-electron chi connectivity index (χ4n) is 1.67. The van der Waals surface area contributed by atoms with Crippen LogP contribution in [0.15, 0.2) is 14.8 Å². The van der Waals surface area contributed by atoms with Gasteiger partial charge in [0.2, 0.25) is 10.0 Å². The lowest BCUT2D eigenvalue weighted by atomic mass is 10.2. The van der Waals surface area contributed by atoms with Gasteiger partial charge in [-0.2, -0.15) is 8.73 Å². The maximum Gasteiger partial charge on any atom is 0.236 e. The lowest BCUT2D eigenvalue weighted by molar-refractivity contribution is 0.579. The Hall–Kier alpha value is -0.670. The van der Waals surface area contributed by atoms with E-state index in [1.165, 1.54) is 6.07 Å². The van der Waals surface area contributed by atoms with Gasteiger partial charge in [0.15, 0.2) is 0 Å². The van der Waals surface area contributed by atoms with Gasteiger partial charge in [-0.3, -0.25) is 4.72 Å². The molecule has 2 rings (SSSR count). The molecular weight excluding hydrogens is 355 g/mol.